The molecule has 9 nitrogen and oxygen atoms in total. The predicted octanol–water partition coefficient (Wildman–Crippen LogP) is 4.72. The van der Waals surface area contributed by atoms with Crippen LogP contribution in [0.3, 0.4) is 0 Å². The van der Waals surface area contributed by atoms with Crippen molar-refractivity contribution in [1.82, 2.24) is 29.7 Å². The first kappa shape index (κ1) is 23.2. The highest BCUT2D eigenvalue weighted by molar-refractivity contribution is 5.91. The summed E-state index contributed by atoms with van der Waals surface area (Å²) in [4.78, 5) is 31.6. The molecule has 4 heterocycles. The number of hydrogen-bond donors (Lipinski definition) is 2. The first-order chi connectivity index (χ1) is 17.9. The second-order valence-electron chi connectivity index (χ2n) is 9.88. The van der Waals surface area contributed by atoms with Gasteiger partial charge in [-0.05, 0) is 55.9 Å². The lowest BCUT2D eigenvalue weighted by Crippen LogP contribution is -2.45. The lowest BCUT2D eigenvalue weighted by Gasteiger charge is -2.46. The third kappa shape index (κ3) is 4.02. The van der Waals surface area contributed by atoms with Gasteiger partial charge in [-0.15, -0.1) is 0 Å². The molecule has 7 rings (SSSR count). The molecule has 0 spiro atoms. The highest BCUT2D eigenvalue weighted by Crippen LogP contribution is 2.50. The van der Waals surface area contributed by atoms with E-state index >= 15 is 4.39 Å². The molecular weight excluding hydrogens is 480 g/mol. The van der Waals surface area contributed by atoms with Crippen LogP contribution in [0.25, 0.3) is 38.5 Å². The van der Waals surface area contributed by atoms with Crippen molar-refractivity contribution in [1.29, 1.82) is 0 Å². The minimum absolute atomic E-state index is 0.00258. The van der Waals surface area contributed by atoms with E-state index in [2.05, 4.69) is 29.9 Å². The van der Waals surface area contributed by atoms with Gasteiger partial charge >= 0.3 is 12.6 Å². The number of hydrogen-bond acceptors (Lipinski definition) is 5. The van der Waals surface area contributed by atoms with E-state index in [-0.39, 0.29) is 48.1 Å². The average molecular weight is 504 g/mol. The SMILES string of the molecule is [C-]#[N+]Cn1cc(-c2nc(-c3c[nH]c4ncc(F)cc34)nc(C[C@H]3C4CCC(CC4)[C@@H]3C(=O)O)c2F)cn1. The normalized spacial score (nSPS) is 22.8. The molecule has 0 aliphatic heterocycles. The molecule has 0 unspecified atom stereocenters. The number of halogens is 2. The monoisotopic (exact) mass is 503 g/mol. The van der Waals surface area contributed by atoms with E-state index in [1.54, 1.807) is 6.20 Å². The first-order valence-corrected chi connectivity index (χ1v) is 12.2. The maximum absolute atomic E-state index is 16.0. The van der Waals surface area contributed by atoms with E-state index in [0.29, 0.717) is 22.2 Å². The summed E-state index contributed by atoms with van der Waals surface area (Å²) in [5.41, 5.74) is 1.39. The fourth-order valence-electron chi connectivity index (χ4n) is 6.22. The van der Waals surface area contributed by atoms with E-state index in [1.807, 2.05) is 0 Å². The van der Waals surface area contributed by atoms with Crippen LogP contribution in [0.2, 0.25) is 0 Å². The molecule has 0 radical (unpaired) electrons. The number of fused-ring (bicyclic) bond motifs is 4. The van der Waals surface area contributed by atoms with Crippen LogP contribution in [0.4, 0.5) is 8.78 Å². The molecule has 3 saturated carbocycles. The number of nitrogens with zero attached hydrogens (tertiary/aromatic N) is 6. The Morgan fingerprint density at radius 2 is 1.97 bits per heavy atom. The van der Waals surface area contributed by atoms with Crippen molar-refractivity contribution >= 4 is 17.0 Å². The number of aromatic amines is 1. The third-order valence-electron chi connectivity index (χ3n) is 7.89. The Kier molecular flexibility index (Phi) is 5.67. The van der Waals surface area contributed by atoms with E-state index in [0.717, 1.165) is 31.9 Å². The summed E-state index contributed by atoms with van der Waals surface area (Å²) in [6.07, 6.45) is 9.47. The van der Waals surface area contributed by atoms with E-state index < -0.39 is 23.5 Å². The Labute approximate surface area is 210 Å². The zero-order valence-corrected chi connectivity index (χ0v) is 19.7. The van der Waals surface area contributed by atoms with Crippen LogP contribution >= 0.6 is 0 Å². The summed E-state index contributed by atoms with van der Waals surface area (Å²) in [6, 6.07) is 1.31. The van der Waals surface area contributed by atoms with Gasteiger partial charge in [-0.1, -0.05) is 0 Å². The summed E-state index contributed by atoms with van der Waals surface area (Å²) < 4.78 is 31.4. The number of carboxylic acid groups (broad SMARTS) is 1. The van der Waals surface area contributed by atoms with Gasteiger partial charge in [-0.2, -0.15) is 5.10 Å². The number of rotatable bonds is 6. The van der Waals surface area contributed by atoms with Gasteiger partial charge in [0.25, 0.3) is 0 Å². The fourth-order valence-corrected chi connectivity index (χ4v) is 6.22. The maximum atomic E-state index is 16.0. The molecule has 2 atom stereocenters. The maximum Gasteiger partial charge on any atom is 0.307 e. The van der Waals surface area contributed by atoms with Gasteiger partial charge in [-0.25, -0.2) is 35.0 Å². The Hall–Kier alpha value is -4.20. The van der Waals surface area contributed by atoms with Gasteiger partial charge < -0.3 is 10.1 Å². The Morgan fingerprint density at radius 3 is 2.73 bits per heavy atom. The minimum atomic E-state index is -0.840. The minimum Gasteiger partial charge on any atom is -0.481 e. The Bertz CT molecular complexity index is 1550. The van der Waals surface area contributed by atoms with E-state index in [9.17, 15) is 14.3 Å². The average Bonchev–Trinajstić information content (AvgIpc) is 3.53. The zero-order chi connectivity index (χ0) is 25.7. The number of carbonyl (C=O) groups is 1. The van der Waals surface area contributed by atoms with Crippen LogP contribution in [-0.2, 0) is 17.9 Å². The molecule has 37 heavy (non-hydrogen) atoms. The molecule has 4 aromatic rings. The third-order valence-corrected chi connectivity index (χ3v) is 7.89. The van der Waals surface area contributed by atoms with Crippen molar-refractivity contribution in [2.75, 3.05) is 0 Å². The molecule has 4 aromatic heterocycles. The summed E-state index contributed by atoms with van der Waals surface area (Å²) in [7, 11) is 0. The molecule has 0 amide bonds. The molecule has 2 bridgehead atoms. The molecule has 3 fully saturated rings. The van der Waals surface area contributed by atoms with Crippen LogP contribution in [0.5, 0.6) is 0 Å². The van der Waals surface area contributed by atoms with E-state index in [4.69, 9.17) is 6.57 Å². The van der Waals surface area contributed by atoms with Gasteiger partial charge in [0.2, 0.25) is 0 Å². The highest BCUT2D eigenvalue weighted by atomic mass is 19.1. The summed E-state index contributed by atoms with van der Waals surface area (Å²) in [5, 5.41) is 14.6. The van der Waals surface area contributed by atoms with Crippen molar-refractivity contribution in [3.8, 4) is 22.6 Å². The summed E-state index contributed by atoms with van der Waals surface area (Å²) in [5.74, 6) is -2.32. The van der Waals surface area contributed by atoms with Crippen molar-refractivity contribution in [3.05, 3.63) is 59.6 Å². The number of H-pyrrole nitrogens is 1. The van der Waals surface area contributed by atoms with Crippen LogP contribution < -0.4 is 0 Å². The van der Waals surface area contributed by atoms with E-state index in [1.165, 1.54) is 23.1 Å². The molecule has 11 heteroatoms. The smallest absolute Gasteiger partial charge is 0.307 e. The largest absolute Gasteiger partial charge is 0.481 e. The first-order valence-electron chi connectivity index (χ1n) is 12.2. The van der Waals surface area contributed by atoms with Gasteiger partial charge in [-0.3, -0.25) is 9.64 Å². The fraction of sp³-hybridized carbons (Fsp3) is 0.385. The second-order valence-corrected chi connectivity index (χ2v) is 9.88. The molecule has 3 aliphatic rings. The Morgan fingerprint density at radius 1 is 1.19 bits per heavy atom. The molecule has 3 aliphatic carbocycles. The molecule has 0 aromatic carbocycles. The number of aromatic nitrogens is 6. The van der Waals surface area contributed by atoms with Crippen molar-refractivity contribution in [2.45, 2.75) is 38.8 Å². The predicted molar refractivity (Wildman–Crippen MR) is 129 cm³/mol. The van der Waals surface area contributed by atoms with Crippen LogP contribution in [0.1, 0.15) is 31.4 Å². The lowest BCUT2D eigenvalue weighted by molar-refractivity contribution is -0.152. The van der Waals surface area contributed by atoms with Gasteiger partial charge in [0.15, 0.2) is 11.6 Å². The van der Waals surface area contributed by atoms with Crippen molar-refractivity contribution in [3.63, 3.8) is 0 Å². The van der Waals surface area contributed by atoms with Crippen molar-refractivity contribution in [2.24, 2.45) is 23.7 Å². The number of nitrogens with one attached hydrogen (secondary N) is 1. The summed E-state index contributed by atoms with van der Waals surface area (Å²) >= 11 is 0. The Balaban J connectivity index is 1.49. The van der Waals surface area contributed by atoms with Gasteiger partial charge in [0.05, 0.1) is 24.0 Å². The van der Waals surface area contributed by atoms with Gasteiger partial charge in [0, 0.05) is 28.9 Å². The topological polar surface area (TPSA) is 114 Å². The van der Waals surface area contributed by atoms with Gasteiger partial charge in [0.1, 0.15) is 17.2 Å². The molecular formula is C26H23F2N7O2. The second kappa shape index (κ2) is 9.03. The highest BCUT2D eigenvalue weighted by Gasteiger charge is 2.47. The standard InChI is InChI=1S/C26H23F2N7O2/c1-29-12-35-11-15(8-32-35)23-22(28)20(7-17-13-2-4-14(5-3-13)21(17)26(36)37)33-25(34-23)19-10-31-24-18(19)6-16(27)9-30-24/h6,8-11,13-14,17,21H,2-5,7,12H2,(H,30,31)(H,36,37)/t13?,14?,17-,21-/m0/s1. The lowest BCUT2D eigenvalue weighted by atomic mass is 9.57. The number of aliphatic carboxylic acids is 1. The molecule has 188 valence electrons. The van der Waals surface area contributed by atoms with Crippen LogP contribution in [-0.4, -0.2) is 40.8 Å². The molecule has 2 N–H and O–H groups in total. The van der Waals surface area contributed by atoms with Crippen LogP contribution in [0, 0.1) is 41.9 Å². The van der Waals surface area contributed by atoms with Crippen LogP contribution in [0.15, 0.2) is 30.9 Å². The quantitative estimate of drug-likeness (QED) is 0.368. The van der Waals surface area contributed by atoms with Crippen molar-refractivity contribution < 1.29 is 18.7 Å². The molecule has 0 saturated heterocycles. The number of pyridine rings is 1. The zero-order valence-electron chi connectivity index (χ0n) is 19.7. The number of carboxylic acids is 1. The summed E-state index contributed by atoms with van der Waals surface area (Å²) in [6.45, 7) is 7.04.